The van der Waals surface area contributed by atoms with E-state index in [0.717, 1.165) is 26.1 Å². The van der Waals surface area contributed by atoms with Crippen LogP contribution in [0.1, 0.15) is 46.6 Å². The largest absolute Gasteiger partial charge is 0.354 e. The molecule has 4 heteroatoms. The number of rotatable bonds is 9. The van der Waals surface area contributed by atoms with Crippen molar-refractivity contribution in [3.05, 3.63) is 23.6 Å². The Labute approximate surface area is 129 Å². The SMILES string of the molecule is CCCNCc1ccnc(N(CC(C)C)CC(C)C)c1F. The molecule has 0 aliphatic carbocycles. The fraction of sp³-hybridized carbons (Fsp3) is 0.706. The lowest BCUT2D eigenvalue weighted by Gasteiger charge is -2.28. The van der Waals surface area contributed by atoms with Crippen LogP contribution in [0.3, 0.4) is 0 Å². The number of nitrogens with one attached hydrogen (secondary N) is 1. The second-order valence-electron chi connectivity index (χ2n) is 6.48. The molecule has 3 nitrogen and oxygen atoms in total. The zero-order valence-electron chi connectivity index (χ0n) is 14.1. The Bertz CT molecular complexity index is 408. The van der Waals surface area contributed by atoms with Crippen LogP contribution < -0.4 is 10.2 Å². The Hall–Kier alpha value is -1.16. The van der Waals surface area contributed by atoms with Crippen LogP contribution in [-0.2, 0) is 6.54 Å². The van der Waals surface area contributed by atoms with Crippen LogP contribution in [0, 0.1) is 17.7 Å². The molecule has 1 heterocycles. The topological polar surface area (TPSA) is 28.2 Å². The highest BCUT2D eigenvalue weighted by molar-refractivity contribution is 5.43. The summed E-state index contributed by atoms with van der Waals surface area (Å²) in [6.45, 7) is 13.8. The maximum absolute atomic E-state index is 14.7. The Morgan fingerprint density at radius 2 is 1.81 bits per heavy atom. The zero-order chi connectivity index (χ0) is 15.8. The molecule has 1 aromatic rings. The summed E-state index contributed by atoms with van der Waals surface area (Å²) >= 11 is 0. The first-order valence-electron chi connectivity index (χ1n) is 8.04. The molecule has 0 unspecified atom stereocenters. The van der Waals surface area contributed by atoms with E-state index in [2.05, 4.69) is 49.8 Å². The number of anilines is 1. The van der Waals surface area contributed by atoms with Gasteiger partial charge in [0.1, 0.15) is 0 Å². The third-order valence-electron chi connectivity index (χ3n) is 3.16. The van der Waals surface area contributed by atoms with Crippen molar-refractivity contribution in [2.45, 2.75) is 47.6 Å². The van der Waals surface area contributed by atoms with Crippen molar-refractivity contribution in [1.82, 2.24) is 10.3 Å². The van der Waals surface area contributed by atoms with Crippen molar-refractivity contribution in [2.75, 3.05) is 24.5 Å². The molecule has 0 saturated heterocycles. The average Bonchev–Trinajstić information content (AvgIpc) is 2.39. The van der Waals surface area contributed by atoms with Gasteiger partial charge in [-0.2, -0.15) is 0 Å². The van der Waals surface area contributed by atoms with E-state index in [1.165, 1.54) is 0 Å². The van der Waals surface area contributed by atoms with Crippen molar-refractivity contribution in [3.8, 4) is 0 Å². The van der Waals surface area contributed by atoms with Gasteiger partial charge in [0.2, 0.25) is 0 Å². The molecule has 0 aliphatic heterocycles. The van der Waals surface area contributed by atoms with Gasteiger partial charge in [-0.25, -0.2) is 9.37 Å². The van der Waals surface area contributed by atoms with Crippen LogP contribution >= 0.6 is 0 Å². The summed E-state index contributed by atoms with van der Waals surface area (Å²) in [5.74, 6) is 1.27. The summed E-state index contributed by atoms with van der Waals surface area (Å²) in [4.78, 5) is 6.37. The van der Waals surface area contributed by atoms with Crippen LogP contribution in [0.2, 0.25) is 0 Å². The molecule has 120 valence electrons. The summed E-state index contributed by atoms with van der Waals surface area (Å²) < 4.78 is 14.7. The first-order chi connectivity index (χ1) is 9.95. The van der Waals surface area contributed by atoms with Crippen LogP contribution in [0.15, 0.2) is 12.3 Å². The lowest BCUT2D eigenvalue weighted by atomic mass is 10.1. The van der Waals surface area contributed by atoms with Crippen molar-refractivity contribution in [3.63, 3.8) is 0 Å². The van der Waals surface area contributed by atoms with E-state index in [-0.39, 0.29) is 5.82 Å². The molecule has 0 spiro atoms. The Balaban J connectivity index is 2.93. The predicted molar refractivity (Wildman–Crippen MR) is 88.1 cm³/mol. The Kier molecular flexibility index (Phi) is 7.65. The Morgan fingerprint density at radius 3 is 2.33 bits per heavy atom. The normalized spacial score (nSPS) is 11.4. The first kappa shape index (κ1) is 17.9. The molecule has 0 bridgehead atoms. The van der Waals surface area contributed by atoms with E-state index >= 15 is 0 Å². The van der Waals surface area contributed by atoms with Gasteiger partial charge >= 0.3 is 0 Å². The van der Waals surface area contributed by atoms with E-state index in [9.17, 15) is 4.39 Å². The molecule has 0 aromatic carbocycles. The maximum atomic E-state index is 14.7. The maximum Gasteiger partial charge on any atom is 0.170 e. The first-order valence-corrected chi connectivity index (χ1v) is 8.04. The molecular weight excluding hydrogens is 265 g/mol. The fourth-order valence-corrected chi connectivity index (χ4v) is 2.36. The lowest BCUT2D eigenvalue weighted by Crippen LogP contribution is -2.33. The third-order valence-corrected chi connectivity index (χ3v) is 3.16. The number of aromatic nitrogens is 1. The smallest absolute Gasteiger partial charge is 0.170 e. The molecule has 1 rings (SSSR count). The van der Waals surface area contributed by atoms with E-state index in [1.807, 2.05) is 0 Å². The monoisotopic (exact) mass is 295 g/mol. The van der Waals surface area contributed by atoms with Gasteiger partial charge in [-0.05, 0) is 30.9 Å². The van der Waals surface area contributed by atoms with Gasteiger partial charge in [-0.3, -0.25) is 0 Å². The standard InChI is InChI=1S/C17H30FN3/c1-6-8-19-10-15-7-9-20-17(16(15)18)21(11-13(2)3)12-14(4)5/h7,9,13-14,19H,6,8,10-12H2,1-5H3. The molecule has 0 atom stereocenters. The second-order valence-corrected chi connectivity index (χ2v) is 6.48. The zero-order valence-corrected chi connectivity index (χ0v) is 14.1. The second kappa shape index (κ2) is 8.98. The van der Waals surface area contributed by atoms with Gasteiger partial charge in [0.05, 0.1) is 0 Å². The highest BCUT2D eigenvalue weighted by Crippen LogP contribution is 2.21. The van der Waals surface area contributed by atoms with Gasteiger partial charge in [-0.15, -0.1) is 0 Å². The van der Waals surface area contributed by atoms with Crippen LogP contribution in [0.25, 0.3) is 0 Å². The van der Waals surface area contributed by atoms with E-state index in [0.29, 0.717) is 29.8 Å². The van der Waals surface area contributed by atoms with Crippen molar-refractivity contribution >= 4 is 5.82 Å². The number of hydrogen-bond donors (Lipinski definition) is 1. The van der Waals surface area contributed by atoms with Gasteiger partial charge in [0.25, 0.3) is 0 Å². The van der Waals surface area contributed by atoms with Crippen molar-refractivity contribution < 1.29 is 4.39 Å². The average molecular weight is 295 g/mol. The van der Waals surface area contributed by atoms with Gasteiger partial charge in [-0.1, -0.05) is 34.6 Å². The molecule has 1 aromatic heterocycles. The van der Waals surface area contributed by atoms with Crippen molar-refractivity contribution in [2.24, 2.45) is 11.8 Å². The minimum Gasteiger partial charge on any atom is -0.354 e. The minimum absolute atomic E-state index is 0.178. The quantitative estimate of drug-likeness (QED) is 0.702. The molecule has 0 fully saturated rings. The third kappa shape index (κ3) is 6.00. The fourth-order valence-electron chi connectivity index (χ4n) is 2.36. The van der Waals surface area contributed by atoms with E-state index < -0.39 is 0 Å². The molecule has 0 radical (unpaired) electrons. The highest BCUT2D eigenvalue weighted by Gasteiger charge is 2.18. The summed E-state index contributed by atoms with van der Waals surface area (Å²) in [6, 6.07) is 1.77. The molecular formula is C17H30FN3. The molecule has 1 N–H and O–H groups in total. The van der Waals surface area contributed by atoms with Crippen LogP contribution in [-0.4, -0.2) is 24.6 Å². The summed E-state index contributed by atoms with van der Waals surface area (Å²) in [7, 11) is 0. The molecule has 0 saturated carbocycles. The lowest BCUT2D eigenvalue weighted by molar-refractivity contribution is 0.524. The summed E-state index contributed by atoms with van der Waals surface area (Å²) in [5, 5.41) is 3.25. The number of hydrogen-bond acceptors (Lipinski definition) is 3. The number of halogens is 1. The molecule has 0 amide bonds. The predicted octanol–water partition coefficient (Wildman–Crippen LogP) is 3.84. The summed E-state index contributed by atoms with van der Waals surface area (Å²) in [6.07, 6.45) is 2.77. The van der Waals surface area contributed by atoms with Gasteiger partial charge in [0.15, 0.2) is 11.6 Å². The van der Waals surface area contributed by atoms with Gasteiger partial charge < -0.3 is 10.2 Å². The molecule has 0 aliphatic rings. The van der Waals surface area contributed by atoms with Crippen LogP contribution in [0.4, 0.5) is 10.2 Å². The minimum atomic E-state index is -0.178. The van der Waals surface area contributed by atoms with E-state index in [1.54, 1.807) is 12.3 Å². The molecule has 21 heavy (non-hydrogen) atoms. The highest BCUT2D eigenvalue weighted by atomic mass is 19.1. The van der Waals surface area contributed by atoms with Gasteiger partial charge in [0, 0.05) is 31.4 Å². The van der Waals surface area contributed by atoms with Crippen molar-refractivity contribution in [1.29, 1.82) is 0 Å². The summed E-state index contributed by atoms with van der Waals surface area (Å²) in [5.41, 5.74) is 0.700. The Morgan fingerprint density at radius 1 is 1.19 bits per heavy atom. The van der Waals surface area contributed by atoms with E-state index in [4.69, 9.17) is 0 Å². The van der Waals surface area contributed by atoms with Crippen LogP contribution in [0.5, 0.6) is 0 Å². The number of pyridine rings is 1. The number of nitrogens with zero attached hydrogens (tertiary/aromatic N) is 2.